The molecule has 0 N–H and O–H groups in total. The van der Waals surface area contributed by atoms with Gasteiger partial charge in [-0.05, 0) is 43.5 Å². The molecule has 2 rings (SSSR count). The summed E-state index contributed by atoms with van der Waals surface area (Å²) in [4.78, 5) is 2.42. The Labute approximate surface area is 81.3 Å². The summed E-state index contributed by atoms with van der Waals surface area (Å²) >= 11 is 7.16. The summed E-state index contributed by atoms with van der Waals surface area (Å²) in [6, 6.07) is 1.96. The lowest BCUT2D eigenvalue weighted by atomic mass is 10.4. The number of hydrogen-bond donors (Lipinski definition) is 0. The summed E-state index contributed by atoms with van der Waals surface area (Å²) in [5, 5.41) is 0. The van der Waals surface area contributed by atoms with E-state index in [-0.39, 0.29) is 0 Å². The van der Waals surface area contributed by atoms with Crippen molar-refractivity contribution in [1.29, 1.82) is 0 Å². The van der Waals surface area contributed by atoms with Crippen LogP contribution in [0.4, 0.5) is 0 Å². The third kappa shape index (κ3) is 1.97. The van der Waals surface area contributed by atoms with Crippen molar-refractivity contribution in [3.63, 3.8) is 0 Å². The Balaban J connectivity index is 1.94. The van der Waals surface area contributed by atoms with Crippen LogP contribution in [0.25, 0.3) is 0 Å². The van der Waals surface area contributed by atoms with Gasteiger partial charge in [0.1, 0.15) is 4.34 Å². The summed E-state index contributed by atoms with van der Waals surface area (Å²) in [6.07, 6.45) is 2.66. The van der Waals surface area contributed by atoms with Crippen LogP contribution in [0.5, 0.6) is 0 Å². The second-order valence-electron chi connectivity index (χ2n) is 3.11. The number of rotatable bonds is 2. The molecule has 1 aliphatic rings. The maximum absolute atomic E-state index is 5.78. The van der Waals surface area contributed by atoms with Crippen LogP contribution in [-0.4, -0.2) is 22.4 Å². The third-order valence-corrected chi connectivity index (χ3v) is 3.05. The molecule has 1 aliphatic heterocycles. The maximum atomic E-state index is 5.78. The molecule has 12 heavy (non-hydrogen) atoms. The predicted molar refractivity (Wildman–Crippen MR) is 51.6 cm³/mol. The average Bonchev–Trinajstić information content (AvgIpc) is 2.63. The lowest BCUT2D eigenvalue weighted by Crippen LogP contribution is -2.18. The molecule has 0 amide bonds. The van der Waals surface area contributed by atoms with Gasteiger partial charge in [0.05, 0.1) is 5.69 Å². The number of likely N-dealkylation sites (tertiary alicyclic amines) is 1. The van der Waals surface area contributed by atoms with Crippen molar-refractivity contribution >= 4 is 23.1 Å². The molecule has 2 nitrogen and oxygen atoms in total. The Bertz CT molecular complexity index is 255. The van der Waals surface area contributed by atoms with Crippen LogP contribution < -0.4 is 0 Å². The molecule has 2 heterocycles. The minimum absolute atomic E-state index is 0.796. The highest BCUT2D eigenvalue weighted by atomic mass is 35.5. The highest BCUT2D eigenvalue weighted by Gasteiger charge is 2.12. The van der Waals surface area contributed by atoms with E-state index in [4.69, 9.17) is 11.6 Å². The first-order valence-corrected chi connectivity index (χ1v) is 5.33. The summed E-state index contributed by atoms with van der Waals surface area (Å²) < 4.78 is 5.04. The van der Waals surface area contributed by atoms with E-state index >= 15 is 0 Å². The van der Waals surface area contributed by atoms with Gasteiger partial charge < -0.3 is 0 Å². The first kappa shape index (κ1) is 8.48. The first-order chi connectivity index (χ1) is 5.84. The highest BCUT2D eigenvalue weighted by Crippen LogP contribution is 2.18. The van der Waals surface area contributed by atoms with Crippen molar-refractivity contribution in [2.24, 2.45) is 0 Å². The van der Waals surface area contributed by atoms with Crippen LogP contribution in [-0.2, 0) is 6.54 Å². The van der Waals surface area contributed by atoms with Gasteiger partial charge in [-0.2, -0.15) is 4.37 Å². The summed E-state index contributed by atoms with van der Waals surface area (Å²) in [5.74, 6) is 0. The molecule has 66 valence electrons. The van der Waals surface area contributed by atoms with E-state index in [9.17, 15) is 0 Å². The molecule has 0 aromatic carbocycles. The number of aromatic nitrogens is 1. The molecule has 0 bridgehead atoms. The fraction of sp³-hybridized carbons (Fsp3) is 0.625. The van der Waals surface area contributed by atoms with Crippen LogP contribution >= 0.6 is 23.1 Å². The van der Waals surface area contributed by atoms with Crippen LogP contribution in [0.15, 0.2) is 6.07 Å². The van der Waals surface area contributed by atoms with Crippen LogP contribution in [0.1, 0.15) is 18.5 Å². The highest BCUT2D eigenvalue weighted by molar-refractivity contribution is 7.10. The van der Waals surface area contributed by atoms with Gasteiger partial charge in [0.15, 0.2) is 0 Å². The van der Waals surface area contributed by atoms with E-state index in [1.54, 1.807) is 0 Å². The number of nitrogens with zero attached hydrogens (tertiary/aromatic N) is 2. The zero-order valence-electron chi connectivity index (χ0n) is 6.79. The number of halogens is 1. The minimum atomic E-state index is 0.796. The second-order valence-corrected chi connectivity index (χ2v) is 4.54. The van der Waals surface area contributed by atoms with Gasteiger partial charge in [-0.1, -0.05) is 11.6 Å². The Morgan fingerprint density at radius 2 is 2.25 bits per heavy atom. The maximum Gasteiger partial charge on any atom is 0.114 e. The van der Waals surface area contributed by atoms with Crippen molar-refractivity contribution in [1.82, 2.24) is 9.27 Å². The molecule has 1 saturated heterocycles. The molecule has 0 spiro atoms. The van der Waals surface area contributed by atoms with E-state index in [0.29, 0.717) is 0 Å². The summed E-state index contributed by atoms with van der Waals surface area (Å²) in [7, 11) is 0. The van der Waals surface area contributed by atoms with Gasteiger partial charge in [-0.3, -0.25) is 4.90 Å². The fourth-order valence-corrected chi connectivity index (χ4v) is 2.26. The van der Waals surface area contributed by atoms with E-state index in [2.05, 4.69) is 9.27 Å². The largest absolute Gasteiger partial charge is 0.297 e. The van der Waals surface area contributed by atoms with Crippen LogP contribution in [0, 0.1) is 0 Å². The molecule has 1 aromatic rings. The predicted octanol–water partition coefficient (Wildman–Crippen LogP) is 2.39. The first-order valence-electron chi connectivity index (χ1n) is 4.18. The molecular formula is C8H11ClN2S. The standard InChI is InChI=1S/C8H11ClN2S/c9-8-5-7(10-12-8)6-11-3-1-2-4-11/h5H,1-4,6H2. The third-order valence-electron chi connectivity index (χ3n) is 2.11. The van der Waals surface area contributed by atoms with E-state index in [0.717, 1.165) is 16.6 Å². The monoisotopic (exact) mass is 202 g/mol. The molecule has 0 atom stereocenters. The summed E-state index contributed by atoms with van der Waals surface area (Å²) in [6.45, 7) is 3.41. The van der Waals surface area contributed by atoms with Crippen molar-refractivity contribution in [3.8, 4) is 0 Å². The molecule has 1 fully saturated rings. The normalized spacial score (nSPS) is 18.8. The van der Waals surface area contributed by atoms with Crippen LogP contribution in [0.2, 0.25) is 4.34 Å². The Morgan fingerprint density at radius 3 is 2.83 bits per heavy atom. The zero-order chi connectivity index (χ0) is 8.39. The minimum Gasteiger partial charge on any atom is -0.297 e. The molecule has 0 saturated carbocycles. The zero-order valence-corrected chi connectivity index (χ0v) is 8.37. The molecule has 0 radical (unpaired) electrons. The number of hydrogen-bond acceptors (Lipinski definition) is 3. The Hall–Kier alpha value is -0.120. The average molecular weight is 203 g/mol. The SMILES string of the molecule is Clc1cc(CN2CCCC2)ns1. The second kappa shape index (κ2) is 3.73. The summed E-state index contributed by atoms with van der Waals surface area (Å²) in [5.41, 5.74) is 1.12. The van der Waals surface area contributed by atoms with Crippen molar-refractivity contribution in [2.75, 3.05) is 13.1 Å². The van der Waals surface area contributed by atoms with Crippen molar-refractivity contribution in [2.45, 2.75) is 19.4 Å². The van der Waals surface area contributed by atoms with Crippen LogP contribution in [0.3, 0.4) is 0 Å². The van der Waals surface area contributed by atoms with Gasteiger partial charge in [0, 0.05) is 6.54 Å². The van der Waals surface area contributed by atoms with Gasteiger partial charge >= 0.3 is 0 Å². The fourth-order valence-electron chi connectivity index (χ4n) is 1.53. The van der Waals surface area contributed by atoms with E-state index in [1.165, 1.54) is 37.5 Å². The quantitative estimate of drug-likeness (QED) is 0.732. The van der Waals surface area contributed by atoms with Gasteiger partial charge in [-0.25, -0.2) is 0 Å². The molecule has 0 unspecified atom stereocenters. The van der Waals surface area contributed by atoms with Gasteiger partial charge in [0.25, 0.3) is 0 Å². The lowest BCUT2D eigenvalue weighted by molar-refractivity contribution is 0.328. The van der Waals surface area contributed by atoms with Crippen molar-refractivity contribution < 1.29 is 0 Å². The topological polar surface area (TPSA) is 16.1 Å². The smallest absolute Gasteiger partial charge is 0.114 e. The molecular weight excluding hydrogens is 192 g/mol. The van der Waals surface area contributed by atoms with Gasteiger partial charge in [0.2, 0.25) is 0 Å². The Kier molecular flexibility index (Phi) is 2.63. The molecule has 4 heteroatoms. The molecule has 1 aromatic heterocycles. The van der Waals surface area contributed by atoms with Gasteiger partial charge in [-0.15, -0.1) is 0 Å². The van der Waals surface area contributed by atoms with E-state index in [1.807, 2.05) is 6.07 Å². The molecule has 0 aliphatic carbocycles. The Morgan fingerprint density at radius 1 is 1.50 bits per heavy atom. The van der Waals surface area contributed by atoms with E-state index < -0.39 is 0 Å². The van der Waals surface area contributed by atoms with Crippen molar-refractivity contribution in [3.05, 3.63) is 16.1 Å². The lowest BCUT2D eigenvalue weighted by Gasteiger charge is -2.11.